The first-order chi connectivity index (χ1) is 9.33. The average molecular weight is 253 g/mol. The minimum atomic E-state index is 0.458. The van der Waals surface area contributed by atoms with Crippen LogP contribution in [0.2, 0.25) is 0 Å². The Labute approximate surface area is 113 Å². The number of aliphatic imine (C=N–C) groups is 1. The largest absolute Gasteiger partial charge is 0.356 e. The van der Waals surface area contributed by atoms with E-state index in [1.165, 1.54) is 16.3 Å². The second-order valence-electron chi connectivity index (χ2n) is 5.05. The van der Waals surface area contributed by atoms with Crippen molar-refractivity contribution in [1.82, 2.24) is 10.6 Å². The highest BCUT2D eigenvalue weighted by atomic mass is 15.2. The Bertz CT molecular complexity index is 598. The first-order valence-corrected chi connectivity index (χ1v) is 6.84. The Hall–Kier alpha value is -2.03. The maximum absolute atomic E-state index is 4.40. The van der Waals surface area contributed by atoms with Crippen LogP contribution in [0.4, 0.5) is 0 Å². The molecule has 2 aromatic carbocycles. The third-order valence-electron chi connectivity index (χ3n) is 3.47. The summed E-state index contributed by atoms with van der Waals surface area (Å²) >= 11 is 0. The molecule has 3 heteroatoms. The van der Waals surface area contributed by atoms with Gasteiger partial charge < -0.3 is 10.6 Å². The first-order valence-electron chi connectivity index (χ1n) is 6.84. The molecule has 19 heavy (non-hydrogen) atoms. The summed E-state index contributed by atoms with van der Waals surface area (Å²) in [5.41, 5.74) is 1.39. The first kappa shape index (κ1) is 12.0. The Morgan fingerprint density at radius 1 is 1.21 bits per heavy atom. The van der Waals surface area contributed by atoms with Gasteiger partial charge in [0.15, 0.2) is 5.96 Å². The minimum absolute atomic E-state index is 0.458. The summed E-state index contributed by atoms with van der Waals surface area (Å²) in [7, 11) is 0. The van der Waals surface area contributed by atoms with Gasteiger partial charge in [-0.2, -0.15) is 0 Å². The van der Waals surface area contributed by atoms with Gasteiger partial charge in [-0.3, -0.25) is 4.99 Å². The maximum Gasteiger partial charge on any atom is 0.191 e. The van der Waals surface area contributed by atoms with E-state index >= 15 is 0 Å². The number of nitrogens with zero attached hydrogens (tertiary/aromatic N) is 1. The lowest BCUT2D eigenvalue weighted by molar-refractivity contribution is 0.712. The second-order valence-corrected chi connectivity index (χ2v) is 5.05. The lowest BCUT2D eigenvalue weighted by Gasteiger charge is -2.10. The molecule has 2 N–H and O–H groups in total. The van der Waals surface area contributed by atoms with Crippen LogP contribution >= 0.6 is 0 Å². The molecule has 0 aliphatic carbocycles. The smallest absolute Gasteiger partial charge is 0.191 e. The van der Waals surface area contributed by atoms with E-state index in [0.717, 1.165) is 25.5 Å². The number of nitrogens with one attached hydrogen (secondary N) is 2. The van der Waals surface area contributed by atoms with Crippen molar-refractivity contribution in [2.45, 2.75) is 19.4 Å². The minimum Gasteiger partial charge on any atom is -0.356 e. The van der Waals surface area contributed by atoms with Gasteiger partial charge in [0.05, 0.1) is 6.54 Å². The van der Waals surface area contributed by atoms with E-state index in [1.807, 2.05) is 0 Å². The fourth-order valence-electron chi connectivity index (χ4n) is 2.49. The van der Waals surface area contributed by atoms with Crippen LogP contribution < -0.4 is 10.6 Å². The molecule has 2 aromatic rings. The van der Waals surface area contributed by atoms with Gasteiger partial charge in [-0.25, -0.2) is 0 Å². The Morgan fingerprint density at radius 3 is 2.89 bits per heavy atom. The van der Waals surface area contributed by atoms with Crippen LogP contribution in [0.3, 0.4) is 0 Å². The van der Waals surface area contributed by atoms with Crippen LogP contribution in [0.15, 0.2) is 47.5 Å². The molecule has 0 saturated heterocycles. The average Bonchev–Trinajstić information content (AvgIpc) is 2.85. The molecule has 0 radical (unpaired) electrons. The molecule has 0 aromatic heterocycles. The summed E-state index contributed by atoms with van der Waals surface area (Å²) < 4.78 is 0. The van der Waals surface area contributed by atoms with E-state index in [0.29, 0.717) is 6.04 Å². The molecule has 1 aliphatic heterocycles. The molecule has 0 fully saturated rings. The zero-order valence-corrected chi connectivity index (χ0v) is 11.2. The zero-order valence-electron chi connectivity index (χ0n) is 11.2. The van der Waals surface area contributed by atoms with Gasteiger partial charge >= 0.3 is 0 Å². The molecule has 0 amide bonds. The van der Waals surface area contributed by atoms with Crippen molar-refractivity contribution in [3.63, 3.8) is 0 Å². The highest BCUT2D eigenvalue weighted by Crippen LogP contribution is 2.18. The highest BCUT2D eigenvalue weighted by molar-refractivity contribution is 5.86. The summed E-state index contributed by atoms with van der Waals surface area (Å²) in [5.74, 6) is 0.938. The number of hydrogen-bond acceptors (Lipinski definition) is 3. The summed E-state index contributed by atoms with van der Waals surface area (Å²) in [5, 5.41) is 9.34. The Kier molecular flexibility index (Phi) is 3.36. The van der Waals surface area contributed by atoms with Crippen molar-refractivity contribution in [1.29, 1.82) is 0 Å². The van der Waals surface area contributed by atoms with Gasteiger partial charge in [-0.05, 0) is 29.7 Å². The van der Waals surface area contributed by atoms with Gasteiger partial charge in [0.1, 0.15) is 0 Å². The van der Waals surface area contributed by atoms with E-state index in [9.17, 15) is 0 Å². The molecular weight excluding hydrogens is 234 g/mol. The van der Waals surface area contributed by atoms with Crippen LogP contribution in [-0.4, -0.2) is 25.1 Å². The lowest BCUT2D eigenvalue weighted by Crippen LogP contribution is -2.38. The standard InChI is InChI=1S/C16H19N3/c1-12-11-18-16(19-12)17-10-9-14-7-4-6-13-5-2-3-8-15(13)14/h2-8,12H,9-11H2,1H3,(H2,17,18,19). The summed E-state index contributed by atoms with van der Waals surface area (Å²) in [6.45, 7) is 3.92. The fraction of sp³-hybridized carbons (Fsp3) is 0.312. The van der Waals surface area contributed by atoms with Gasteiger partial charge in [-0.1, -0.05) is 42.5 Å². The molecule has 1 aliphatic rings. The molecule has 3 rings (SSSR count). The van der Waals surface area contributed by atoms with Crippen molar-refractivity contribution in [3.05, 3.63) is 48.0 Å². The van der Waals surface area contributed by atoms with E-state index < -0.39 is 0 Å². The number of rotatable bonds is 3. The molecule has 3 nitrogen and oxygen atoms in total. The van der Waals surface area contributed by atoms with Crippen molar-refractivity contribution in [2.75, 3.05) is 13.1 Å². The topological polar surface area (TPSA) is 36.4 Å². The Morgan fingerprint density at radius 2 is 2.05 bits per heavy atom. The SMILES string of the molecule is CC1CN=C(NCCc2cccc3ccccc23)N1. The Balaban J connectivity index is 1.66. The summed E-state index contributed by atoms with van der Waals surface area (Å²) in [4.78, 5) is 4.40. The van der Waals surface area contributed by atoms with E-state index in [1.54, 1.807) is 0 Å². The predicted molar refractivity (Wildman–Crippen MR) is 80.6 cm³/mol. The van der Waals surface area contributed by atoms with Crippen LogP contribution in [0, 0.1) is 0 Å². The number of fused-ring (bicyclic) bond motifs is 1. The van der Waals surface area contributed by atoms with Gasteiger partial charge in [0.2, 0.25) is 0 Å². The normalized spacial score (nSPS) is 18.2. The quantitative estimate of drug-likeness (QED) is 0.880. The molecule has 1 heterocycles. The van der Waals surface area contributed by atoms with Crippen LogP contribution in [0.5, 0.6) is 0 Å². The molecule has 1 atom stereocenters. The summed E-state index contributed by atoms with van der Waals surface area (Å²) in [6, 6.07) is 15.5. The second kappa shape index (κ2) is 5.31. The molecule has 0 bridgehead atoms. The van der Waals surface area contributed by atoms with E-state index in [-0.39, 0.29) is 0 Å². The van der Waals surface area contributed by atoms with Gasteiger partial charge in [0.25, 0.3) is 0 Å². The molecule has 0 spiro atoms. The van der Waals surface area contributed by atoms with Crippen LogP contribution in [0.25, 0.3) is 10.8 Å². The van der Waals surface area contributed by atoms with Crippen LogP contribution in [0.1, 0.15) is 12.5 Å². The molecule has 0 saturated carbocycles. The fourth-order valence-corrected chi connectivity index (χ4v) is 2.49. The molecule has 98 valence electrons. The third kappa shape index (κ3) is 2.70. The number of guanidine groups is 1. The van der Waals surface area contributed by atoms with Crippen LogP contribution in [-0.2, 0) is 6.42 Å². The predicted octanol–water partition coefficient (Wildman–Crippen LogP) is 2.32. The van der Waals surface area contributed by atoms with Crippen molar-refractivity contribution in [3.8, 4) is 0 Å². The summed E-state index contributed by atoms with van der Waals surface area (Å²) in [6.07, 6.45) is 1.01. The molecule has 1 unspecified atom stereocenters. The van der Waals surface area contributed by atoms with Gasteiger partial charge in [0, 0.05) is 12.6 Å². The van der Waals surface area contributed by atoms with Gasteiger partial charge in [-0.15, -0.1) is 0 Å². The lowest BCUT2D eigenvalue weighted by atomic mass is 10.0. The van der Waals surface area contributed by atoms with E-state index in [2.05, 4.69) is 65.0 Å². The molecular formula is C16H19N3. The number of benzene rings is 2. The van der Waals surface area contributed by atoms with Crippen molar-refractivity contribution in [2.24, 2.45) is 4.99 Å². The van der Waals surface area contributed by atoms with Crippen molar-refractivity contribution >= 4 is 16.7 Å². The van der Waals surface area contributed by atoms with Crippen molar-refractivity contribution < 1.29 is 0 Å². The monoisotopic (exact) mass is 253 g/mol. The maximum atomic E-state index is 4.40. The number of hydrogen-bond donors (Lipinski definition) is 2. The zero-order chi connectivity index (χ0) is 13.1. The third-order valence-corrected chi connectivity index (χ3v) is 3.47. The van der Waals surface area contributed by atoms with E-state index in [4.69, 9.17) is 0 Å². The highest BCUT2D eigenvalue weighted by Gasteiger charge is 2.11.